The number of anilines is 2. The van der Waals surface area contributed by atoms with Crippen LogP contribution < -0.4 is 9.80 Å². The van der Waals surface area contributed by atoms with Gasteiger partial charge in [-0.05, 0) is 88.4 Å². The minimum Gasteiger partial charge on any atom is -0.356 e. The van der Waals surface area contributed by atoms with Crippen molar-refractivity contribution in [1.29, 1.82) is 0 Å². The van der Waals surface area contributed by atoms with Gasteiger partial charge in [0.05, 0.1) is 22.8 Å². The molecule has 7 rings (SSSR count). The van der Waals surface area contributed by atoms with Gasteiger partial charge in [0.1, 0.15) is 5.82 Å². The maximum Gasteiger partial charge on any atom is 0.237 e. The summed E-state index contributed by atoms with van der Waals surface area (Å²) in [5.74, 6) is 1.31. The lowest BCUT2D eigenvalue weighted by molar-refractivity contribution is -0.125. The number of likely N-dealkylation sites (N-methyl/N-ethyl adjacent to an activating group) is 1. The Morgan fingerprint density at radius 3 is 2.24 bits per heavy atom. The summed E-state index contributed by atoms with van der Waals surface area (Å²) in [4.78, 5) is 29.8. The van der Waals surface area contributed by atoms with E-state index < -0.39 is 0 Å². The van der Waals surface area contributed by atoms with Crippen molar-refractivity contribution in [3.05, 3.63) is 48.3 Å². The van der Waals surface area contributed by atoms with Crippen LogP contribution in [0.4, 0.5) is 11.5 Å². The highest BCUT2D eigenvalue weighted by atomic mass is 16.2. The van der Waals surface area contributed by atoms with Crippen molar-refractivity contribution in [2.45, 2.75) is 69.2 Å². The van der Waals surface area contributed by atoms with Gasteiger partial charge in [0.2, 0.25) is 5.91 Å². The first-order valence-electron chi connectivity index (χ1n) is 14.2. The molecule has 0 bridgehead atoms. The number of carbonyl (C=O) groups is 1. The van der Waals surface area contributed by atoms with E-state index in [2.05, 4.69) is 47.1 Å². The summed E-state index contributed by atoms with van der Waals surface area (Å²) in [6.07, 6.45) is 13.4. The van der Waals surface area contributed by atoms with E-state index >= 15 is 0 Å². The molecule has 1 saturated carbocycles. The van der Waals surface area contributed by atoms with E-state index in [0.717, 1.165) is 65.9 Å². The summed E-state index contributed by atoms with van der Waals surface area (Å²) in [6.45, 7) is 7.13. The number of benzene rings is 1. The first kappa shape index (κ1) is 23.2. The van der Waals surface area contributed by atoms with E-state index in [-0.39, 0.29) is 11.3 Å². The number of carbonyl (C=O) groups excluding carboxylic acids is 1. The molecule has 37 heavy (non-hydrogen) atoms. The van der Waals surface area contributed by atoms with Gasteiger partial charge in [-0.3, -0.25) is 14.7 Å². The zero-order valence-corrected chi connectivity index (χ0v) is 22.2. The van der Waals surface area contributed by atoms with Gasteiger partial charge in [0, 0.05) is 48.4 Å². The van der Waals surface area contributed by atoms with Gasteiger partial charge in [-0.25, -0.2) is 4.98 Å². The summed E-state index contributed by atoms with van der Waals surface area (Å²) < 4.78 is 0. The quantitative estimate of drug-likeness (QED) is 0.478. The van der Waals surface area contributed by atoms with Crippen LogP contribution in [0, 0.1) is 0 Å². The van der Waals surface area contributed by atoms with E-state index in [0.29, 0.717) is 5.54 Å². The minimum atomic E-state index is -0.344. The number of aromatic nitrogens is 2. The molecule has 1 aromatic carbocycles. The maximum absolute atomic E-state index is 13.2. The molecule has 3 fully saturated rings. The Morgan fingerprint density at radius 1 is 0.811 bits per heavy atom. The Kier molecular flexibility index (Phi) is 5.33. The maximum atomic E-state index is 13.2. The average molecular weight is 496 g/mol. The Labute approximate surface area is 219 Å². The van der Waals surface area contributed by atoms with Gasteiger partial charge >= 0.3 is 0 Å². The number of nitrogens with zero attached hydrogens (tertiary/aromatic N) is 5. The van der Waals surface area contributed by atoms with Crippen molar-refractivity contribution in [3.63, 3.8) is 0 Å². The third-order valence-corrected chi connectivity index (χ3v) is 9.97. The van der Waals surface area contributed by atoms with Crippen LogP contribution in [0.15, 0.2) is 42.7 Å². The summed E-state index contributed by atoms with van der Waals surface area (Å²) in [6, 6.07) is 10.9. The fourth-order valence-corrected chi connectivity index (χ4v) is 7.36. The van der Waals surface area contributed by atoms with Crippen LogP contribution in [0.25, 0.3) is 22.0 Å². The lowest BCUT2D eigenvalue weighted by Crippen LogP contribution is -2.55. The SMILES string of the molecule is CN1C(=O)C2(CCC2)c2c1cnc1ccc(-c3ccc(N4CCC(C)(N5CCCCC5)CC4)nc3)cc21. The molecular formula is C31H37N5O. The lowest BCUT2D eigenvalue weighted by Gasteiger charge is -2.48. The number of amides is 1. The van der Waals surface area contributed by atoms with Crippen molar-refractivity contribution < 1.29 is 4.79 Å². The van der Waals surface area contributed by atoms with E-state index in [1.165, 1.54) is 50.8 Å². The highest BCUT2D eigenvalue weighted by molar-refractivity contribution is 6.13. The molecule has 6 nitrogen and oxygen atoms in total. The molecule has 0 N–H and O–H groups in total. The molecule has 5 heterocycles. The molecule has 2 saturated heterocycles. The van der Waals surface area contributed by atoms with Gasteiger partial charge in [0.15, 0.2) is 0 Å². The fourth-order valence-electron chi connectivity index (χ4n) is 7.36. The van der Waals surface area contributed by atoms with Crippen LogP contribution in [0.2, 0.25) is 0 Å². The van der Waals surface area contributed by atoms with Crippen molar-refractivity contribution in [2.24, 2.45) is 0 Å². The number of hydrogen-bond donors (Lipinski definition) is 0. The van der Waals surface area contributed by atoms with E-state index in [4.69, 9.17) is 9.97 Å². The molecule has 192 valence electrons. The lowest BCUT2D eigenvalue weighted by atomic mass is 9.64. The standard InChI is InChI=1S/C31H37N5O/c1-30(36-15-4-3-5-16-36)13-17-35(18-14-30)27-10-8-23(20-33-27)22-7-9-25-24(19-22)28-26(21-32-25)34(2)29(37)31(28)11-6-12-31/h7-10,19-21H,3-6,11-18H2,1-2H3. The van der Waals surface area contributed by atoms with Crippen LogP contribution in [0.3, 0.4) is 0 Å². The predicted molar refractivity (Wildman–Crippen MR) is 149 cm³/mol. The smallest absolute Gasteiger partial charge is 0.237 e. The molecular weight excluding hydrogens is 458 g/mol. The van der Waals surface area contributed by atoms with Crippen LogP contribution >= 0.6 is 0 Å². The fraction of sp³-hybridized carbons (Fsp3) is 0.516. The second-order valence-electron chi connectivity index (χ2n) is 12.0. The number of piperidine rings is 2. The monoisotopic (exact) mass is 495 g/mol. The molecule has 0 radical (unpaired) electrons. The molecule has 1 amide bonds. The Bertz CT molecular complexity index is 1350. The topological polar surface area (TPSA) is 52.6 Å². The van der Waals surface area contributed by atoms with Gasteiger partial charge in [-0.15, -0.1) is 0 Å². The molecule has 2 aromatic heterocycles. The highest BCUT2D eigenvalue weighted by Crippen LogP contribution is 2.55. The number of hydrogen-bond acceptors (Lipinski definition) is 5. The van der Waals surface area contributed by atoms with E-state index in [1.54, 1.807) is 0 Å². The number of fused-ring (bicyclic) bond motifs is 4. The van der Waals surface area contributed by atoms with Gasteiger partial charge in [-0.1, -0.05) is 18.9 Å². The average Bonchev–Trinajstić information content (AvgIpc) is 3.16. The molecule has 6 heteroatoms. The third kappa shape index (κ3) is 3.52. The summed E-state index contributed by atoms with van der Waals surface area (Å²) >= 11 is 0. The molecule has 4 aliphatic rings. The summed E-state index contributed by atoms with van der Waals surface area (Å²) in [5.41, 5.74) is 5.36. The van der Waals surface area contributed by atoms with E-state index in [9.17, 15) is 4.79 Å². The Morgan fingerprint density at radius 2 is 1.57 bits per heavy atom. The second kappa shape index (κ2) is 8.52. The van der Waals surface area contributed by atoms with Gasteiger partial charge < -0.3 is 9.80 Å². The molecule has 1 aliphatic carbocycles. The van der Waals surface area contributed by atoms with Crippen LogP contribution in [-0.2, 0) is 10.2 Å². The zero-order valence-electron chi connectivity index (χ0n) is 22.2. The number of rotatable bonds is 3. The van der Waals surface area contributed by atoms with Crippen molar-refractivity contribution >= 4 is 28.3 Å². The van der Waals surface area contributed by atoms with Crippen LogP contribution in [0.1, 0.15) is 63.9 Å². The van der Waals surface area contributed by atoms with Gasteiger partial charge in [-0.2, -0.15) is 0 Å². The van der Waals surface area contributed by atoms with Gasteiger partial charge in [0.25, 0.3) is 0 Å². The third-order valence-electron chi connectivity index (χ3n) is 9.97. The molecule has 3 aliphatic heterocycles. The summed E-state index contributed by atoms with van der Waals surface area (Å²) in [5, 5.41) is 1.12. The normalized spacial score (nSPS) is 22.9. The largest absolute Gasteiger partial charge is 0.356 e. The van der Waals surface area contributed by atoms with E-state index in [1.807, 2.05) is 24.3 Å². The zero-order chi connectivity index (χ0) is 25.2. The Balaban J connectivity index is 1.14. The molecule has 1 spiro atoms. The molecule has 0 unspecified atom stereocenters. The van der Waals surface area contributed by atoms with Crippen molar-refractivity contribution in [2.75, 3.05) is 43.0 Å². The van der Waals surface area contributed by atoms with Crippen LogP contribution in [-0.4, -0.2) is 59.5 Å². The second-order valence-corrected chi connectivity index (χ2v) is 12.0. The number of likely N-dealkylation sites (tertiary alicyclic amines) is 1. The first-order valence-corrected chi connectivity index (χ1v) is 14.2. The highest BCUT2D eigenvalue weighted by Gasteiger charge is 2.54. The first-order chi connectivity index (χ1) is 18.0. The van der Waals surface area contributed by atoms with Crippen molar-refractivity contribution in [1.82, 2.24) is 14.9 Å². The summed E-state index contributed by atoms with van der Waals surface area (Å²) in [7, 11) is 1.89. The molecule has 3 aromatic rings. The molecule has 0 atom stereocenters. The van der Waals surface area contributed by atoms with Crippen molar-refractivity contribution in [3.8, 4) is 11.1 Å². The number of pyridine rings is 2. The van der Waals surface area contributed by atoms with Crippen LogP contribution in [0.5, 0.6) is 0 Å². The minimum absolute atomic E-state index is 0.234. The predicted octanol–water partition coefficient (Wildman–Crippen LogP) is 5.54. The Hall–Kier alpha value is -2.99.